The van der Waals surface area contributed by atoms with Crippen molar-refractivity contribution in [3.05, 3.63) is 60.7 Å². The van der Waals surface area contributed by atoms with E-state index in [2.05, 4.69) is 17.1 Å². The lowest BCUT2D eigenvalue weighted by Crippen LogP contribution is -1.69. The van der Waals surface area contributed by atoms with Gasteiger partial charge in [0, 0.05) is 4.90 Å². The predicted octanol–water partition coefficient (Wildman–Crippen LogP) is 4.14. The molecule has 0 aromatic heterocycles. The quantitative estimate of drug-likeness (QED) is 0.424. The Morgan fingerprint density at radius 3 is 2.07 bits per heavy atom. The van der Waals surface area contributed by atoms with Crippen molar-refractivity contribution in [2.24, 2.45) is 4.99 Å². The molecule has 0 fully saturated rings. The topological polar surface area (TPSA) is 12.4 Å². The lowest BCUT2D eigenvalue weighted by atomic mass is 10.3. The van der Waals surface area contributed by atoms with Gasteiger partial charge in [-0.3, -0.25) is 0 Å². The van der Waals surface area contributed by atoms with E-state index in [9.17, 15) is 0 Å². The van der Waals surface area contributed by atoms with Crippen molar-refractivity contribution < 1.29 is 0 Å². The summed E-state index contributed by atoms with van der Waals surface area (Å²) in [5.74, 6) is 0. The van der Waals surface area contributed by atoms with E-state index in [-0.39, 0.29) is 0 Å². The third-order valence-electron chi connectivity index (χ3n) is 1.89. The summed E-state index contributed by atoms with van der Waals surface area (Å²) in [7, 11) is 0. The number of hydrogen-bond acceptors (Lipinski definition) is 2. The third kappa shape index (κ3) is 3.26. The Bertz CT molecular complexity index is 423. The van der Waals surface area contributed by atoms with Gasteiger partial charge in [0.25, 0.3) is 0 Å². The molecule has 74 valence electrons. The summed E-state index contributed by atoms with van der Waals surface area (Å²) >= 11 is 1.62. The SMILES string of the molecule is C(=Nc1ccccc1)Sc1ccccc1. The van der Waals surface area contributed by atoms with Crippen molar-refractivity contribution in [3.63, 3.8) is 0 Å². The molecule has 15 heavy (non-hydrogen) atoms. The number of rotatable bonds is 3. The molecular weight excluding hydrogens is 202 g/mol. The zero-order chi connectivity index (χ0) is 10.3. The van der Waals surface area contributed by atoms with Crippen LogP contribution in [0.25, 0.3) is 0 Å². The molecule has 2 heteroatoms. The number of benzene rings is 2. The van der Waals surface area contributed by atoms with E-state index in [0.29, 0.717) is 0 Å². The minimum atomic E-state index is 0.987. The van der Waals surface area contributed by atoms with E-state index in [4.69, 9.17) is 0 Å². The molecule has 0 bridgehead atoms. The van der Waals surface area contributed by atoms with Gasteiger partial charge >= 0.3 is 0 Å². The van der Waals surface area contributed by atoms with Crippen LogP contribution in [0.1, 0.15) is 0 Å². The normalized spacial score (nSPS) is 10.7. The van der Waals surface area contributed by atoms with Gasteiger partial charge in [-0.25, -0.2) is 4.99 Å². The molecule has 2 aromatic carbocycles. The van der Waals surface area contributed by atoms with Gasteiger partial charge in [-0.1, -0.05) is 48.2 Å². The number of aliphatic imine (C=N–C) groups is 1. The van der Waals surface area contributed by atoms with Crippen LogP contribution in [0, 0.1) is 0 Å². The molecule has 0 unspecified atom stereocenters. The highest BCUT2D eigenvalue weighted by molar-refractivity contribution is 8.12. The maximum absolute atomic E-state index is 4.34. The zero-order valence-electron chi connectivity index (χ0n) is 8.21. The first kappa shape index (κ1) is 9.99. The molecule has 0 atom stereocenters. The van der Waals surface area contributed by atoms with E-state index in [1.807, 2.05) is 54.1 Å². The van der Waals surface area contributed by atoms with Crippen molar-refractivity contribution in [2.45, 2.75) is 4.90 Å². The van der Waals surface area contributed by atoms with Crippen LogP contribution in [0.3, 0.4) is 0 Å². The second-order valence-electron chi connectivity index (χ2n) is 3.00. The third-order valence-corrected chi connectivity index (χ3v) is 2.65. The molecule has 1 nitrogen and oxygen atoms in total. The van der Waals surface area contributed by atoms with E-state index >= 15 is 0 Å². The first-order valence-electron chi connectivity index (χ1n) is 4.74. The Hall–Kier alpha value is -1.54. The van der Waals surface area contributed by atoms with Crippen LogP contribution < -0.4 is 0 Å². The monoisotopic (exact) mass is 213 g/mol. The molecule has 0 spiro atoms. The number of hydrogen-bond donors (Lipinski definition) is 0. The van der Waals surface area contributed by atoms with Gasteiger partial charge in [0.2, 0.25) is 0 Å². The summed E-state index contributed by atoms with van der Waals surface area (Å²) in [5.41, 5.74) is 2.85. The lowest BCUT2D eigenvalue weighted by Gasteiger charge is -1.93. The van der Waals surface area contributed by atoms with Crippen molar-refractivity contribution in [1.82, 2.24) is 0 Å². The summed E-state index contributed by atoms with van der Waals surface area (Å²) in [5, 5.41) is 0. The zero-order valence-corrected chi connectivity index (χ0v) is 9.02. The van der Waals surface area contributed by atoms with Gasteiger partial charge in [-0.2, -0.15) is 0 Å². The van der Waals surface area contributed by atoms with Gasteiger partial charge in [-0.05, 0) is 24.3 Å². The first-order chi connectivity index (χ1) is 7.45. The molecule has 0 amide bonds. The fourth-order valence-electron chi connectivity index (χ4n) is 1.16. The van der Waals surface area contributed by atoms with Crippen LogP contribution >= 0.6 is 11.8 Å². The molecule has 0 saturated carbocycles. The molecule has 0 saturated heterocycles. The minimum Gasteiger partial charge on any atom is -0.250 e. The molecular formula is C13H11NS. The Kier molecular flexibility index (Phi) is 3.58. The van der Waals surface area contributed by atoms with Crippen molar-refractivity contribution in [2.75, 3.05) is 0 Å². The van der Waals surface area contributed by atoms with Crippen molar-refractivity contribution in [3.8, 4) is 0 Å². The molecule has 0 aliphatic carbocycles. The largest absolute Gasteiger partial charge is 0.250 e. The highest BCUT2D eigenvalue weighted by Gasteiger charge is 1.87. The van der Waals surface area contributed by atoms with Gasteiger partial charge in [0.1, 0.15) is 0 Å². The summed E-state index contributed by atoms with van der Waals surface area (Å²) in [6, 6.07) is 20.1. The summed E-state index contributed by atoms with van der Waals surface area (Å²) in [6.45, 7) is 0. The molecule has 0 heterocycles. The molecule has 0 aliphatic rings. The van der Waals surface area contributed by atoms with Crippen LogP contribution in [0.15, 0.2) is 70.6 Å². The van der Waals surface area contributed by atoms with Gasteiger partial charge in [0.05, 0.1) is 11.2 Å². The van der Waals surface area contributed by atoms with Gasteiger partial charge in [-0.15, -0.1) is 0 Å². The molecule has 0 radical (unpaired) electrons. The fourth-order valence-corrected chi connectivity index (χ4v) is 1.77. The molecule has 0 aliphatic heterocycles. The van der Waals surface area contributed by atoms with Crippen LogP contribution in [0.2, 0.25) is 0 Å². The Morgan fingerprint density at radius 1 is 0.800 bits per heavy atom. The minimum absolute atomic E-state index is 0.987. The van der Waals surface area contributed by atoms with E-state index < -0.39 is 0 Å². The second-order valence-corrected chi connectivity index (χ2v) is 3.92. The average Bonchev–Trinajstić information content (AvgIpc) is 2.32. The molecule has 2 rings (SSSR count). The standard InChI is InChI=1S/C13H11NS/c1-3-7-12(8-4-1)14-11-15-13-9-5-2-6-10-13/h1-11H. The summed E-state index contributed by atoms with van der Waals surface area (Å²) in [4.78, 5) is 5.55. The van der Waals surface area contributed by atoms with Crippen LogP contribution in [0.5, 0.6) is 0 Å². The lowest BCUT2D eigenvalue weighted by molar-refractivity contribution is 1.47. The molecule has 2 aromatic rings. The van der Waals surface area contributed by atoms with Crippen LogP contribution in [-0.4, -0.2) is 5.55 Å². The Morgan fingerprint density at radius 2 is 1.40 bits per heavy atom. The summed E-state index contributed by atoms with van der Waals surface area (Å²) in [6.07, 6.45) is 0. The van der Waals surface area contributed by atoms with E-state index in [1.54, 1.807) is 11.8 Å². The smallest absolute Gasteiger partial charge is 0.0651 e. The fraction of sp³-hybridized carbons (Fsp3) is 0. The maximum Gasteiger partial charge on any atom is 0.0651 e. The highest BCUT2D eigenvalue weighted by atomic mass is 32.2. The second kappa shape index (κ2) is 5.37. The maximum atomic E-state index is 4.34. The number of nitrogens with zero attached hydrogens (tertiary/aromatic N) is 1. The van der Waals surface area contributed by atoms with E-state index in [1.165, 1.54) is 4.90 Å². The van der Waals surface area contributed by atoms with Crippen molar-refractivity contribution >= 4 is 23.0 Å². The number of para-hydroxylation sites is 1. The van der Waals surface area contributed by atoms with Crippen LogP contribution in [-0.2, 0) is 0 Å². The van der Waals surface area contributed by atoms with Gasteiger partial charge in [0.15, 0.2) is 0 Å². The van der Waals surface area contributed by atoms with E-state index in [0.717, 1.165) is 5.69 Å². The Labute approximate surface area is 93.9 Å². The van der Waals surface area contributed by atoms with Crippen molar-refractivity contribution in [1.29, 1.82) is 0 Å². The summed E-state index contributed by atoms with van der Waals surface area (Å²) < 4.78 is 0. The first-order valence-corrected chi connectivity index (χ1v) is 5.62. The predicted molar refractivity (Wildman–Crippen MR) is 66.9 cm³/mol. The Balaban J connectivity index is 1.97. The highest BCUT2D eigenvalue weighted by Crippen LogP contribution is 2.16. The van der Waals surface area contributed by atoms with Gasteiger partial charge < -0.3 is 0 Å². The number of thioether (sulfide) groups is 1. The average molecular weight is 213 g/mol. The molecule has 0 N–H and O–H groups in total. The van der Waals surface area contributed by atoms with Crippen LogP contribution in [0.4, 0.5) is 5.69 Å².